The first kappa shape index (κ1) is 15.8. The zero-order valence-electron chi connectivity index (χ0n) is 11.7. The molecule has 1 unspecified atom stereocenters. The molecule has 0 spiro atoms. The van der Waals surface area contributed by atoms with E-state index >= 15 is 0 Å². The molecule has 0 saturated carbocycles. The average Bonchev–Trinajstić information content (AvgIpc) is 2.81. The Hall–Kier alpha value is -0.630. The van der Waals surface area contributed by atoms with E-state index in [1.54, 1.807) is 14.0 Å². The maximum absolute atomic E-state index is 12.6. The summed E-state index contributed by atoms with van der Waals surface area (Å²) in [7, 11) is -1.98. The summed E-state index contributed by atoms with van der Waals surface area (Å²) in [6.07, 6.45) is 1.98. The van der Waals surface area contributed by atoms with Crippen molar-refractivity contribution >= 4 is 21.6 Å². The van der Waals surface area contributed by atoms with Gasteiger partial charge in [0.05, 0.1) is 23.9 Å². The minimum absolute atomic E-state index is 0.0687. The quantitative estimate of drug-likeness (QED) is 0.834. The number of ether oxygens (including phenoxy) is 1. The molecule has 2 rings (SSSR count). The molecule has 1 aliphatic heterocycles. The van der Waals surface area contributed by atoms with E-state index in [1.165, 1.54) is 4.31 Å². The highest BCUT2D eigenvalue weighted by atomic mass is 35.5. The number of sulfonamides is 1. The van der Waals surface area contributed by atoms with Crippen LogP contribution in [0.4, 0.5) is 0 Å². The van der Waals surface area contributed by atoms with Crippen LogP contribution >= 0.6 is 11.6 Å². The third kappa shape index (κ3) is 3.16. The summed E-state index contributed by atoms with van der Waals surface area (Å²) in [5.41, 5.74) is 0.892. The van der Waals surface area contributed by atoms with E-state index in [4.69, 9.17) is 16.3 Å². The van der Waals surface area contributed by atoms with Gasteiger partial charge in [-0.15, -0.1) is 11.6 Å². The minimum atomic E-state index is -3.57. The second kappa shape index (κ2) is 6.43. The second-order valence-corrected chi connectivity index (χ2v) is 7.38. The van der Waals surface area contributed by atoms with E-state index in [2.05, 4.69) is 10.2 Å². The number of hydrogen-bond acceptors (Lipinski definition) is 4. The molecule has 114 valence electrons. The number of aromatic nitrogens is 2. The van der Waals surface area contributed by atoms with Crippen molar-refractivity contribution in [3.05, 3.63) is 11.4 Å². The predicted molar refractivity (Wildman–Crippen MR) is 76.2 cm³/mol. The Labute approximate surface area is 124 Å². The van der Waals surface area contributed by atoms with Crippen LogP contribution in [0.2, 0.25) is 0 Å². The van der Waals surface area contributed by atoms with Crippen molar-refractivity contribution in [2.45, 2.75) is 30.5 Å². The number of alkyl halides is 1. The van der Waals surface area contributed by atoms with Gasteiger partial charge >= 0.3 is 0 Å². The summed E-state index contributed by atoms with van der Waals surface area (Å²) in [5.74, 6) is 0.314. The van der Waals surface area contributed by atoms with Crippen molar-refractivity contribution in [1.29, 1.82) is 0 Å². The number of rotatable bonds is 5. The monoisotopic (exact) mass is 321 g/mol. The van der Waals surface area contributed by atoms with E-state index in [1.807, 2.05) is 0 Å². The van der Waals surface area contributed by atoms with E-state index in [0.29, 0.717) is 24.5 Å². The molecule has 1 atom stereocenters. The maximum Gasteiger partial charge on any atom is 0.246 e. The Kier molecular flexibility index (Phi) is 5.06. The fourth-order valence-electron chi connectivity index (χ4n) is 2.47. The third-order valence-electron chi connectivity index (χ3n) is 3.53. The van der Waals surface area contributed by atoms with Gasteiger partial charge in [0.1, 0.15) is 4.90 Å². The van der Waals surface area contributed by atoms with Gasteiger partial charge in [0.15, 0.2) is 0 Å². The van der Waals surface area contributed by atoms with Crippen molar-refractivity contribution in [2.75, 3.05) is 26.8 Å². The van der Waals surface area contributed by atoms with E-state index in [-0.39, 0.29) is 16.7 Å². The van der Waals surface area contributed by atoms with Crippen LogP contribution in [0.25, 0.3) is 0 Å². The highest BCUT2D eigenvalue weighted by molar-refractivity contribution is 7.89. The smallest absolute Gasteiger partial charge is 0.246 e. The van der Waals surface area contributed by atoms with Crippen LogP contribution in [0.1, 0.15) is 24.2 Å². The highest BCUT2D eigenvalue weighted by Crippen LogP contribution is 2.24. The van der Waals surface area contributed by atoms with Crippen LogP contribution in [0.5, 0.6) is 0 Å². The Morgan fingerprint density at radius 2 is 2.30 bits per heavy atom. The predicted octanol–water partition coefficient (Wildman–Crippen LogP) is 1.50. The van der Waals surface area contributed by atoms with Gasteiger partial charge in [-0.3, -0.25) is 5.10 Å². The Morgan fingerprint density at radius 1 is 1.55 bits per heavy atom. The van der Waals surface area contributed by atoms with Crippen molar-refractivity contribution in [3.8, 4) is 0 Å². The average molecular weight is 322 g/mol. The highest BCUT2D eigenvalue weighted by Gasteiger charge is 2.30. The molecule has 1 aromatic heterocycles. The molecule has 6 nitrogen and oxygen atoms in total. The van der Waals surface area contributed by atoms with Gasteiger partial charge < -0.3 is 4.74 Å². The third-order valence-corrected chi connectivity index (χ3v) is 5.81. The molecule has 0 amide bonds. The van der Waals surface area contributed by atoms with Crippen LogP contribution in [0.15, 0.2) is 4.90 Å². The molecule has 0 radical (unpaired) electrons. The molecule has 0 aliphatic carbocycles. The summed E-state index contributed by atoms with van der Waals surface area (Å²) in [5, 5.41) is 6.63. The summed E-state index contributed by atoms with van der Waals surface area (Å²) >= 11 is 5.76. The molecule has 1 N–H and O–H groups in total. The zero-order chi connectivity index (χ0) is 14.8. The van der Waals surface area contributed by atoms with E-state index < -0.39 is 10.0 Å². The number of hydrogen-bond donors (Lipinski definition) is 1. The molecule has 1 aromatic rings. The molecule has 1 fully saturated rings. The Morgan fingerprint density at radius 3 is 2.90 bits per heavy atom. The topological polar surface area (TPSA) is 75.3 Å². The minimum Gasteiger partial charge on any atom is -0.381 e. The summed E-state index contributed by atoms with van der Waals surface area (Å²) in [6, 6.07) is 0. The number of nitrogens with one attached hydrogen (secondary N) is 1. The lowest BCUT2D eigenvalue weighted by Crippen LogP contribution is -2.35. The lowest BCUT2D eigenvalue weighted by Gasteiger charge is -2.26. The van der Waals surface area contributed by atoms with Crippen LogP contribution in [0.3, 0.4) is 0 Å². The van der Waals surface area contributed by atoms with E-state index in [9.17, 15) is 8.42 Å². The van der Waals surface area contributed by atoms with Crippen LogP contribution in [-0.4, -0.2) is 49.7 Å². The van der Waals surface area contributed by atoms with Gasteiger partial charge in [-0.2, -0.15) is 5.10 Å². The van der Waals surface area contributed by atoms with Crippen LogP contribution in [0, 0.1) is 12.8 Å². The molecule has 0 aromatic carbocycles. The normalized spacial score (nSPS) is 20.5. The fraction of sp³-hybridized carbons (Fsp3) is 0.750. The number of halogens is 1. The summed E-state index contributed by atoms with van der Waals surface area (Å²) < 4.78 is 32.0. The standard InChI is InChI=1S/C12H20ClN3O3S/c1-9-12(11(6-13)15-14-9)20(17,18)16(2)7-10-4-3-5-19-8-10/h10H,3-8H2,1-2H3,(H,14,15). The number of H-pyrrole nitrogens is 1. The molecular formula is C12H20ClN3O3S. The van der Waals surface area contributed by atoms with Gasteiger partial charge in [0, 0.05) is 20.2 Å². The number of nitrogens with zero attached hydrogens (tertiary/aromatic N) is 2. The van der Waals surface area contributed by atoms with Crippen molar-refractivity contribution in [2.24, 2.45) is 5.92 Å². The van der Waals surface area contributed by atoms with Gasteiger partial charge in [-0.1, -0.05) is 0 Å². The van der Waals surface area contributed by atoms with Gasteiger partial charge in [0.2, 0.25) is 10.0 Å². The van der Waals surface area contributed by atoms with Gasteiger partial charge in [0.25, 0.3) is 0 Å². The molecule has 2 heterocycles. The van der Waals surface area contributed by atoms with Crippen LogP contribution < -0.4 is 0 Å². The van der Waals surface area contributed by atoms with Crippen LogP contribution in [-0.2, 0) is 20.6 Å². The molecular weight excluding hydrogens is 302 g/mol. The fourth-order valence-corrected chi connectivity index (χ4v) is 4.31. The molecule has 1 saturated heterocycles. The Balaban J connectivity index is 2.18. The van der Waals surface area contributed by atoms with Gasteiger partial charge in [-0.25, -0.2) is 12.7 Å². The maximum atomic E-state index is 12.6. The largest absolute Gasteiger partial charge is 0.381 e. The second-order valence-electron chi connectivity index (χ2n) is 5.13. The summed E-state index contributed by atoms with van der Waals surface area (Å²) in [6.45, 7) is 3.53. The zero-order valence-corrected chi connectivity index (χ0v) is 13.3. The van der Waals surface area contributed by atoms with Crippen molar-refractivity contribution in [3.63, 3.8) is 0 Å². The number of aromatic amines is 1. The Bertz CT molecular complexity index is 552. The first-order valence-electron chi connectivity index (χ1n) is 6.60. The lowest BCUT2D eigenvalue weighted by molar-refractivity contribution is 0.0495. The first-order valence-corrected chi connectivity index (χ1v) is 8.58. The molecule has 1 aliphatic rings. The van der Waals surface area contributed by atoms with E-state index in [0.717, 1.165) is 19.4 Å². The molecule has 0 bridgehead atoms. The lowest BCUT2D eigenvalue weighted by atomic mass is 10.0. The number of aryl methyl sites for hydroxylation is 1. The summed E-state index contributed by atoms with van der Waals surface area (Å²) in [4.78, 5) is 0.201. The first-order chi connectivity index (χ1) is 9.46. The van der Waals surface area contributed by atoms with Crippen molar-refractivity contribution < 1.29 is 13.2 Å². The van der Waals surface area contributed by atoms with Crippen molar-refractivity contribution in [1.82, 2.24) is 14.5 Å². The SMILES string of the molecule is Cc1[nH]nc(CCl)c1S(=O)(=O)N(C)CC1CCCOC1. The molecule has 8 heteroatoms. The molecule has 20 heavy (non-hydrogen) atoms. The van der Waals surface area contributed by atoms with Gasteiger partial charge in [-0.05, 0) is 25.7 Å².